The van der Waals surface area contributed by atoms with Crippen LogP contribution in [-0.4, -0.2) is 34.2 Å². The number of amides is 1. The van der Waals surface area contributed by atoms with E-state index in [0.717, 1.165) is 24.5 Å². The number of H-pyrrole nitrogens is 1. The normalized spacial score (nSPS) is 10.2. The van der Waals surface area contributed by atoms with Gasteiger partial charge in [0.05, 0.1) is 5.56 Å². The number of hydrogen-bond donors (Lipinski definition) is 3. The first-order chi connectivity index (χ1) is 9.81. The van der Waals surface area contributed by atoms with E-state index in [9.17, 15) is 4.79 Å². The molecule has 0 radical (unpaired) electrons. The van der Waals surface area contributed by atoms with Crippen molar-refractivity contribution >= 4 is 11.6 Å². The Morgan fingerprint density at radius 1 is 1.30 bits per heavy atom. The van der Waals surface area contributed by atoms with Crippen molar-refractivity contribution in [2.24, 2.45) is 0 Å². The van der Waals surface area contributed by atoms with Crippen molar-refractivity contribution in [2.45, 2.75) is 19.8 Å². The van der Waals surface area contributed by atoms with Crippen molar-refractivity contribution in [2.75, 3.05) is 18.4 Å². The van der Waals surface area contributed by atoms with Gasteiger partial charge in [-0.05, 0) is 18.6 Å². The van der Waals surface area contributed by atoms with Crippen LogP contribution in [0, 0.1) is 0 Å². The number of carbonyl (C=O) groups is 1. The Morgan fingerprint density at radius 2 is 2.15 bits per heavy atom. The first-order valence-electron chi connectivity index (χ1n) is 6.76. The highest BCUT2D eigenvalue weighted by Crippen LogP contribution is 2.14. The van der Waals surface area contributed by atoms with Crippen LogP contribution in [-0.2, 0) is 6.42 Å². The maximum absolute atomic E-state index is 12.2. The van der Waals surface area contributed by atoms with E-state index in [4.69, 9.17) is 0 Å². The van der Waals surface area contributed by atoms with Gasteiger partial charge in [0.25, 0.3) is 5.91 Å². The molecule has 0 unspecified atom stereocenters. The first kappa shape index (κ1) is 14.0. The number of nitrogens with zero attached hydrogens (tertiary/aromatic N) is 2. The summed E-state index contributed by atoms with van der Waals surface area (Å²) in [6.07, 6.45) is 3.11. The number of carbonyl (C=O) groups excluding carboxylic acids is 1. The van der Waals surface area contributed by atoms with Crippen LogP contribution >= 0.6 is 0 Å². The fourth-order valence-corrected chi connectivity index (χ4v) is 1.84. The second-order valence-corrected chi connectivity index (χ2v) is 4.41. The van der Waals surface area contributed by atoms with Crippen LogP contribution in [0.3, 0.4) is 0 Å². The Kier molecular flexibility index (Phi) is 5.11. The van der Waals surface area contributed by atoms with Gasteiger partial charge in [0.15, 0.2) is 0 Å². The van der Waals surface area contributed by atoms with E-state index in [1.54, 1.807) is 0 Å². The number of rotatable bonds is 7. The van der Waals surface area contributed by atoms with E-state index in [1.165, 1.54) is 6.33 Å². The smallest absolute Gasteiger partial charge is 0.253 e. The molecule has 1 aromatic carbocycles. The predicted octanol–water partition coefficient (Wildman–Crippen LogP) is 1.60. The molecule has 1 amide bonds. The lowest BCUT2D eigenvalue weighted by Gasteiger charge is -2.11. The Labute approximate surface area is 118 Å². The molecule has 0 spiro atoms. The lowest BCUT2D eigenvalue weighted by atomic mass is 10.1. The van der Waals surface area contributed by atoms with Crippen LogP contribution in [0.5, 0.6) is 0 Å². The van der Waals surface area contributed by atoms with Crippen LogP contribution in [0.1, 0.15) is 29.5 Å². The van der Waals surface area contributed by atoms with Crippen molar-refractivity contribution in [1.82, 2.24) is 20.5 Å². The monoisotopic (exact) mass is 273 g/mol. The summed E-state index contributed by atoms with van der Waals surface area (Å²) >= 11 is 0. The summed E-state index contributed by atoms with van der Waals surface area (Å²) in [6.45, 7) is 3.46. The molecule has 6 heteroatoms. The minimum absolute atomic E-state index is 0.0799. The molecule has 0 aliphatic heterocycles. The van der Waals surface area contributed by atoms with Gasteiger partial charge in [-0.15, -0.1) is 0 Å². The molecular weight excluding hydrogens is 254 g/mol. The summed E-state index contributed by atoms with van der Waals surface area (Å²) < 4.78 is 0. The summed E-state index contributed by atoms with van der Waals surface area (Å²) in [5.41, 5.74) is 1.53. The molecular formula is C14H19N5O. The highest BCUT2D eigenvalue weighted by Gasteiger charge is 2.10. The van der Waals surface area contributed by atoms with Crippen LogP contribution in [0.25, 0.3) is 0 Å². The van der Waals surface area contributed by atoms with Gasteiger partial charge in [-0.1, -0.05) is 19.1 Å². The van der Waals surface area contributed by atoms with E-state index in [-0.39, 0.29) is 5.91 Å². The Balaban J connectivity index is 1.91. The molecule has 3 N–H and O–H groups in total. The van der Waals surface area contributed by atoms with Crippen LogP contribution in [0.4, 0.5) is 5.69 Å². The van der Waals surface area contributed by atoms with E-state index >= 15 is 0 Å². The second-order valence-electron chi connectivity index (χ2n) is 4.41. The molecule has 1 aromatic heterocycles. The molecule has 0 aliphatic rings. The molecule has 0 atom stereocenters. The van der Waals surface area contributed by atoms with Gasteiger partial charge >= 0.3 is 0 Å². The first-order valence-corrected chi connectivity index (χ1v) is 6.76. The van der Waals surface area contributed by atoms with Crippen molar-refractivity contribution in [3.8, 4) is 0 Å². The van der Waals surface area contributed by atoms with Crippen LogP contribution in [0.15, 0.2) is 30.6 Å². The topological polar surface area (TPSA) is 82.7 Å². The maximum Gasteiger partial charge on any atom is 0.253 e. The fourth-order valence-electron chi connectivity index (χ4n) is 1.84. The van der Waals surface area contributed by atoms with Crippen molar-refractivity contribution < 1.29 is 4.79 Å². The molecule has 0 saturated carbocycles. The molecule has 0 bridgehead atoms. The van der Waals surface area contributed by atoms with Gasteiger partial charge in [-0.2, -0.15) is 5.10 Å². The minimum atomic E-state index is -0.0799. The predicted molar refractivity (Wildman–Crippen MR) is 77.6 cm³/mol. The van der Waals surface area contributed by atoms with Crippen LogP contribution in [0.2, 0.25) is 0 Å². The summed E-state index contributed by atoms with van der Waals surface area (Å²) in [5, 5.41) is 12.7. The zero-order valence-electron chi connectivity index (χ0n) is 11.5. The molecule has 0 fully saturated rings. The van der Waals surface area contributed by atoms with Gasteiger partial charge in [-0.3, -0.25) is 9.89 Å². The molecule has 106 valence electrons. The zero-order chi connectivity index (χ0) is 14.2. The molecule has 2 aromatic rings. The van der Waals surface area contributed by atoms with Gasteiger partial charge in [0.2, 0.25) is 0 Å². The van der Waals surface area contributed by atoms with Gasteiger partial charge < -0.3 is 10.6 Å². The second kappa shape index (κ2) is 7.28. The van der Waals surface area contributed by atoms with Gasteiger partial charge in [0.1, 0.15) is 12.2 Å². The number of nitrogens with one attached hydrogen (secondary N) is 3. The third-order valence-electron chi connectivity index (χ3n) is 2.85. The Bertz CT molecular complexity index is 538. The molecule has 0 aliphatic carbocycles. The molecule has 1 heterocycles. The van der Waals surface area contributed by atoms with Gasteiger partial charge in [0, 0.05) is 25.2 Å². The molecule has 20 heavy (non-hydrogen) atoms. The fraction of sp³-hybridized carbons (Fsp3) is 0.357. The average Bonchev–Trinajstić information content (AvgIpc) is 2.98. The van der Waals surface area contributed by atoms with E-state index in [2.05, 4.69) is 32.7 Å². The summed E-state index contributed by atoms with van der Waals surface area (Å²) in [6, 6.07) is 7.52. The quantitative estimate of drug-likeness (QED) is 0.715. The SMILES string of the molecule is CCCNc1ccccc1C(=O)NCCc1ncn[nH]1. The lowest BCUT2D eigenvalue weighted by Crippen LogP contribution is -2.26. The van der Waals surface area contributed by atoms with Crippen LogP contribution < -0.4 is 10.6 Å². The third-order valence-corrected chi connectivity index (χ3v) is 2.85. The maximum atomic E-state index is 12.2. The highest BCUT2D eigenvalue weighted by atomic mass is 16.1. The standard InChI is InChI=1S/C14H19N5O/c1-2-8-15-12-6-4-3-5-11(12)14(20)16-9-7-13-17-10-18-19-13/h3-6,10,15H,2,7-9H2,1H3,(H,16,20)(H,17,18,19). The Morgan fingerprint density at radius 3 is 2.90 bits per heavy atom. The summed E-state index contributed by atoms with van der Waals surface area (Å²) in [7, 11) is 0. The van der Waals surface area contributed by atoms with E-state index < -0.39 is 0 Å². The van der Waals surface area contributed by atoms with Crippen molar-refractivity contribution in [3.05, 3.63) is 42.0 Å². The number of anilines is 1. The number of aromatic nitrogens is 3. The zero-order valence-corrected chi connectivity index (χ0v) is 11.5. The molecule has 2 rings (SSSR count). The van der Waals surface area contributed by atoms with E-state index in [1.807, 2.05) is 24.3 Å². The number of benzene rings is 1. The minimum Gasteiger partial charge on any atom is -0.384 e. The van der Waals surface area contributed by atoms with E-state index in [0.29, 0.717) is 18.5 Å². The number of para-hydroxylation sites is 1. The third kappa shape index (κ3) is 3.81. The Hall–Kier alpha value is -2.37. The molecule has 6 nitrogen and oxygen atoms in total. The van der Waals surface area contributed by atoms with Crippen molar-refractivity contribution in [1.29, 1.82) is 0 Å². The van der Waals surface area contributed by atoms with Gasteiger partial charge in [-0.25, -0.2) is 4.98 Å². The number of aromatic amines is 1. The highest BCUT2D eigenvalue weighted by molar-refractivity contribution is 5.99. The summed E-state index contributed by atoms with van der Waals surface area (Å²) in [4.78, 5) is 16.2. The molecule has 0 saturated heterocycles. The summed E-state index contributed by atoms with van der Waals surface area (Å²) in [5.74, 6) is 0.686. The number of hydrogen-bond acceptors (Lipinski definition) is 4. The lowest BCUT2D eigenvalue weighted by molar-refractivity contribution is 0.0955. The van der Waals surface area contributed by atoms with Crippen molar-refractivity contribution in [3.63, 3.8) is 0 Å². The average molecular weight is 273 g/mol. The largest absolute Gasteiger partial charge is 0.384 e.